The Labute approximate surface area is 81.5 Å². The van der Waals surface area contributed by atoms with Crippen LogP contribution in [0.5, 0.6) is 0 Å². The minimum atomic E-state index is -5.17. The third-order valence-corrected chi connectivity index (χ3v) is 0. The Morgan fingerprint density at radius 1 is 1.11 bits per heavy atom. The maximum atomic E-state index is 8.52. The van der Waals surface area contributed by atoms with Crippen LogP contribution in [0.4, 0.5) is 0 Å². The second-order valence-electron chi connectivity index (χ2n) is 0.408. The summed E-state index contributed by atoms with van der Waals surface area (Å²) < 4.78 is 41.9. The molecule has 0 aromatic rings. The van der Waals surface area contributed by atoms with Gasteiger partial charge >= 0.3 is 36.8 Å². The van der Waals surface area contributed by atoms with Crippen LogP contribution in [0.2, 0.25) is 0 Å². The van der Waals surface area contributed by atoms with E-state index in [1.54, 1.807) is 0 Å². The fraction of sp³-hybridized carbons (Fsp3) is 0. The molecular formula is Cu3O5S. The summed E-state index contributed by atoms with van der Waals surface area (Å²) in [4.78, 5) is 0. The van der Waals surface area contributed by atoms with E-state index >= 15 is 0 Å². The summed E-state index contributed by atoms with van der Waals surface area (Å²) in [5.41, 5.74) is 0. The summed E-state index contributed by atoms with van der Waals surface area (Å²) in [6.45, 7) is 0. The van der Waals surface area contributed by atoms with Gasteiger partial charge in [-0.1, -0.05) is 0 Å². The van der Waals surface area contributed by atoms with Gasteiger partial charge in [0.25, 0.3) is 0 Å². The molecule has 0 aliphatic rings. The molecule has 5 nitrogen and oxygen atoms in total. The molecule has 0 saturated carbocycles. The zero-order valence-corrected chi connectivity index (χ0v) is 7.00. The third kappa shape index (κ3) is 320. The van der Waals surface area contributed by atoms with Crippen molar-refractivity contribution < 1.29 is 71.4 Å². The van der Waals surface area contributed by atoms with Crippen molar-refractivity contribution in [2.24, 2.45) is 0 Å². The molecule has 0 bridgehead atoms. The summed E-state index contributed by atoms with van der Waals surface area (Å²) in [6.07, 6.45) is 0. The van der Waals surface area contributed by atoms with Gasteiger partial charge in [0.1, 0.15) is 0 Å². The van der Waals surface area contributed by atoms with Crippen molar-refractivity contribution in [1.82, 2.24) is 0 Å². The van der Waals surface area contributed by atoms with E-state index in [0.717, 1.165) is 0 Å². The second-order valence-corrected chi connectivity index (χ2v) is 1.22. The first-order chi connectivity index (χ1) is 3.00. The van der Waals surface area contributed by atoms with Gasteiger partial charge in [0.05, 0.1) is 0 Å². The topological polar surface area (TPSA) is 97.3 Å². The Morgan fingerprint density at radius 2 is 1.11 bits per heavy atom. The molecule has 0 aromatic carbocycles. The van der Waals surface area contributed by atoms with Gasteiger partial charge in [-0.25, -0.2) is 0 Å². The van der Waals surface area contributed by atoms with Crippen molar-refractivity contribution in [3.63, 3.8) is 0 Å². The fourth-order valence-electron chi connectivity index (χ4n) is 0. The summed E-state index contributed by atoms with van der Waals surface area (Å²) in [5, 5.41) is 0. The monoisotopic (exact) mass is 301 g/mol. The standard InChI is InChI=1S/3Cu.H2O4S.O/c;;;1-5(2,3)4;/h;;;(H2,1,2,3,4);/q;;+2;;/p-2. The second kappa shape index (κ2) is 12.0. The van der Waals surface area contributed by atoms with E-state index in [0.29, 0.717) is 0 Å². The average molecular weight is 303 g/mol. The van der Waals surface area contributed by atoms with Gasteiger partial charge in [-0.15, -0.1) is 0 Å². The Kier molecular flexibility index (Phi) is 29.8. The van der Waals surface area contributed by atoms with Gasteiger partial charge in [0.15, 0.2) is 0 Å². The molecule has 0 aliphatic heterocycles. The Hall–Kier alpha value is 1.23. The molecule has 0 heterocycles. The van der Waals surface area contributed by atoms with E-state index in [4.69, 9.17) is 21.4 Å². The van der Waals surface area contributed by atoms with E-state index < -0.39 is 10.4 Å². The van der Waals surface area contributed by atoms with Crippen molar-refractivity contribution in [1.29, 1.82) is 0 Å². The summed E-state index contributed by atoms with van der Waals surface area (Å²) in [6, 6.07) is 0. The Bertz CT molecular complexity index is 106. The third-order valence-electron chi connectivity index (χ3n) is 0. The first kappa shape index (κ1) is 22.5. The van der Waals surface area contributed by atoms with E-state index in [1.165, 1.54) is 0 Å². The van der Waals surface area contributed by atoms with E-state index in [2.05, 4.69) is 15.9 Å². The quantitative estimate of drug-likeness (QED) is 0.309. The molecule has 0 fully saturated rings. The van der Waals surface area contributed by atoms with E-state index in [1.807, 2.05) is 0 Å². The first-order valence-electron chi connectivity index (χ1n) is 0.790. The number of hydrogen-bond donors (Lipinski definition) is 0. The van der Waals surface area contributed by atoms with Crippen LogP contribution in [0.25, 0.3) is 0 Å². The minimum absolute atomic E-state index is 0. The summed E-state index contributed by atoms with van der Waals surface area (Å²) in [7, 11) is -5.17. The van der Waals surface area contributed by atoms with Crippen LogP contribution < -0.4 is 0 Å². The molecule has 0 spiro atoms. The number of hydrogen-bond acceptors (Lipinski definition) is 5. The van der Waals surface area contributed by atoms with Crippen molar-refractivity contribution in [2.75, 3.05) is 0 Å². The molecule has 0 saturated heterocycles. The van der Waals surface area contributed by atoms with Crippen LogP contribution in [0.1, 0.15) is 0 Å². The predicted octanol–water partition coefficient (Wildman–Crippen LogP) is -1.46. The Balaban J connectivity index is -0.0000000286. The molecule has 0 rings (SSSR count). The molecule has 9 heteroatoms. The van der Waals surface area contributed by atoms with Gasteiger partial charge in [-0.05, 0) is 0 Å². The van der Waals surface area contributed by atoms with Crippen molar-refractivity contribution in [3.05, 3.63) is 0 Å². The molecule has 69 valence electrons. The van der Waals surface area contributed by atoms with Gasteiger partial charge in [-0.3, -0.25) is 8.42 Å². The molecule has 0 amide bonds. The van der Waals surface area contributed by atoms with Crippen LogP contribution in [0.3, 0.4) is 0 Å². The molecule has 0 atom stereocenters. The van der Waals surface area contributed by atoms with Crippen LogP contribution in [0, 0.1) is 0 Å². The predicted molar refractivity (Wildman–Crippen MR) is 11.2 cm³/mol. The maximum absolute atomic E-state index is 8.52. The SMILES string of the molecule is O=S(=O)([O-])[O-].[Cu+2].[Cu].[O]=[Cu]. The zero-order valence-electron chi connectivity index (χ0n) is 3.35. The molecule has 0 aliphatic carbocycles. The molecular weight excluding hydrogens is 303 g/mol. The normalized spacial score (nSPS) is 7.11. The fourth-order valence-corrected chi connectivity index (χ4v) is 0. The van der Waals surface area contributed by atoms with Crippen molar-refractivity contribution >= 4 is 10.4 Å². The molecule has 0 N–H and O–H groups in total. The van der Waals surface area contributed by atoms with Crippen molar-refractivity contribution in [2.45, 2.75) is 0 Å². The average Bonchev–Trinajstić information content (AvgIpc) is 1.36. The summed E-state index contributed by atoms with van der Waals surface area (Å²) in [5.74, 6) is 0. The van der Waals surface area contributed by atoms with Crippen LogP contribution in [-0.4, -0.2) is 17.5 Å². The molecule has 0 aromatic heterocycles. The van der Waals surface area contributed by atoms with Crippen molar-refractivity contribution in [3.8, 4) is 0 Å². The van der Waals surface area contributed by atoms with Gasteiger partial charge < -0.3 is 9.11 Å². The van der Waals surface area contributed by atoms with E-state index in [-0.39, 0.29) is 34.1 Å². The summed E-state index contributed by atoms with van der Waals surface area (Å²) >= 11 is 2.94. The van der Waals surface area contributed by atoms with Crippen LogP contribution in [-0.2, 0) is 64.3 Å². The van der Waals surface area contributed by atoms with Gasteiger partial charge in [0.2, 0.25) is 0 Å². The number of rotatable bonds is 0. The van der Waals surface area contributed by atoms with E-state index in [9.17, 15) is 0 Å². The van der Waals surface area contributed by atoms with Gasteiger partial charge in [0, 0.05) is 27.5 Å². The first-order valence-corrected chi connectivity index (χ1v) is 2.51. The Morgan fingerprint density at radius 3 is 1.11 bits per heavy atom. The molecule has 0 unspecified atom stereocenters. The molecule has 2 radical (unpaired) electrons. The van der Waals surface area contributed by atoms with Crippen LogP contribution >= 0.6 is 0 Å². The zero-order chi connectivity index (χ0) is 6.50. The van der Waals surface area contributed by atoms with Gasteiger partial charge in [-0.2, -0.15) is 0 Å². The molecule has 9 heavy (non-hydrogen) atoms. The van der Waals surface area contributed by atoms with Crippen LogP contribution in [0.15, 0.2) is 0 Å².